The molecule has 19 heavy (non-hydrogen) atoms. The van der Waals surface area contributed by atoms with E-state index in [1.165, 1.54) is 11.3 Å². The van der Waals surface area contributed by atoms with E-state index in [1.54, 1.807) is 0 Å². The molecule has 0 aliphatic carbocycles. The Kier molecular flexibility index (Phi) is 4.61. The van der Waals surface area contributed by atoms with Crippen LogP contribution in [0.2, 0.25) is 5.02 Å². The fraction of sp³-hybridized carbons (Fsp3) is 0.400. The first kappa shape index (κ1) is 14.1. The third-order valence-electron chi connectivity index (χ3n) is 3.42. The highest BCUT2D eigenvalue weighted by Gasteiger charge is 2.13. The molecule has 0 saturated carbocycles. The third kappa shape index (κ3) is 3.37. The minimum atomic E-state index is 0.275. The molecular weight excluding hydrogens is 258 g/mol. The van der Waals surface area contributed by atoms with Crippen molar-refractivity contribution in [3.05, 3.63) is 52.3 Å². The van der Waals surface area contributed by atoms with Crippen LogP contribution in [0.3, 0.4) is 0 Å². The molecule has 3 nitrogen and oxygen atoms in total. The van der Waals surface area contributed by atoms with Gasteiger partial charge in [-0.2, -0.15) is 5.10 Å². The van der Waals surface area contributed by atoms with E-state index in [1.807, 2.05) is 30.9 Å². The van der Waals surface area contributed by atoms with Gasteiger partial charge in [-0.15, -0.1) is 0 Å². The van der Waals surface area contributed by atoms with Gasteiger partial charge in [-0.1, -0.05) is 30.7 Å². The minimum absolute atomic E-state index is 0.275. The number of hydrogen-bond acceptors (Lipinski definition) is 2. The Morgan fingerprint density at radius 1 is 1.32 bits per heavy atom. The van der Waals surface area contributed by atoms with E-state index in [4.69, 9.17) is 11.6 Å². The van der Waals surface area contributed by atoms with Crippen molar-refractivity contribution in [3.8, 4) is 0 Å². The number of aromatic nitrogens is 2. The van der Waals surface area contributed by atoms with Crippen LogP contribution in [0.15, 0.2) is 30.3 Å². The van der Waals surface area contributed by atoms with Gasteiger partial charge in [0, 0.05) is 30.2 Å². The number of hydrogen-bond donors (Lipinski definition) is 1. The van der Waals surface area contributed by atoms with Gasteiger partial charge in [0.25, 0.3) is 0 Å². The summed E-state index contributed by atoms with van der Waals surface area (Å²) in [5.41, 5.74) is 3.63. The van der Waals surface area contributed by atoms with E-state index in [-0.39, 0.29) is 6.04 Å². The fourth-order valence-corrected chi connectivity index (χ4v) is 2.35. The number of nitrogens with one attached hydrogen (secondary N) is 1. The van der Waals surface area contributed by atoms with Crippen LogP contribution in [0.25, 0.3) is 0 Å². The maximum Gasteiger partial charge on any atom is 0.0624 e. The molecule has 1 aromatic carbocycles. The van der Waals surface area contributed by atoms with Crippen LogP contribution in [-0.4, -0.2) is 16.8 Å². The maximum atomic E-state index is 5.93. The number of likely N-dealkylation sites (N-methyl/N-ethyl adjacent to an activating group) is 1. The summed E-state index contributed by atoms with van der Waals surface area (Å²) in [4.78, 5) is 0. The third-order valence-corrected chi connectivity index (χ3v) is 3.68. The van der Waals surface area contributed by atoms with E-state index in [2.05, 4.69) is 35.5 Å². The van der Waals surface area contributed by atoms with Gasteiger partial charge >= 0.3 is 0 Å². The van der Waals surface area contributed by atoms with Crippen molar-refractivity contribution in [2.24, 2.45) is 7.05 Å². The molecule has 1 heterocycles. The Bertz CT molecular complexity index is 531. The number of benzene rings is 1. The summed E-state index contributed by atoms with van der Waals surface area (Å²) in [5, 5.41) is 8.62. The molecular formula is C15H20ClN3. The molecule has 0 spiro atoms. The lowest BCUT2D eigenvalue weighted by Crippen LogP contribution is -2.20. The van der Waals surface area contributed by atoms with Crippen LogP contribution in [-0.2, 0) is 19.9 Å². The van der Waals surface area contributed by atoms with Crippen LogP contribution < -0.4 is 5.32 Å². The smallest absolute Gasteiger partial charge is 0.0624 e. The molecule has 1 unspecified atom stereocenters. The Balaban J connectivity index is 2.18. The van der Waals surface area contributed by atoms with Gasteiger partial charge in [-0.25, -0.2) is 0 Å². The number of rotatable bonds is 5. The lowest BCUT2D eigenvalue weighted by atomic mass is 10.0. The lowest BCUT2D eigenvalue weighted by Gasteiger charge is -2.16. The molecule has 0 aliphatic rings. The van der Waals surface area contributed by atoms with Gasteiger partial charge in [-0.05, 0) is 37.2 Å². The molecule has 1 aromatic heterocycles. The average molecular weight is 278 g/mol. The zero-order chi connectivity index (χ0) is 13.8. The van der Waals surface area contributed by atoms with E-state index < -0.39 is 0 Å². The zero-order valence-corrected chi connectivity index (χ0v) is 12.4. The molecule has 2 rings (SSSR count). The largest absolute Gasteiger partial charge is 0.313 e. The molecule has 1 N–H and O–H groups in total. The molecule has 102 valence electrons. The van der Waals surface area contributed by atoms with Gasteiger partial charge < -0.3 is 5.32 Å². The van der Waals surface area contributed by atoms with Crippen LogP contribution in [0.1, 0.15) is 29.9 Å². The average Bonchev–Trinajstić information content (AvgIpc) is 2.78. The maximum absolute atomic E-state index is 5.93. The van der Waals surface area contributed by atoms with Crippen molar-refractivity contribution in [1.82, 2.24) is 15.1 Å². The van der Waals surface area contributed by atoms with Gasteiger partial charge in [-0.3, -0.25) is 4.68 Å². The Labute approximate surface area is 119 Å². The topological polar surface area (TPSA) is 29.9 Å². The van der Waals surface area contributed by atoms with E-state index >= 15 is 0 Å². The van der Waals surface area contributed by atoms with Crippen molar-refractivity contribution in [2.75, 3.05) is 7.05 Å². The summed E-state index contributed by atoms with van der Waals surface area (Å²) in [6.45, 7) is 2.13. The zero-order valence-electron chi connectivity index (χ0n) is 11.7. The van der Waals surface area contributed by atoms with Crippen LogP contribution in [0.5, 0.6) is 0 Å². The van der Waals surface area contributed by atoms with E-state index in [0.717, 1.165) is 23.6 Å². The standard InChI is InChI=1S/C15H20ClN3/c1-4-13-9-14(19(3)18-13)10-15(17-2)11-5-7-12(16)8-6-11/h5-9,15,17H,4,10H2,1-3H3. The first-order chi connectivity index (χ1) is 9.13. The van der Waals surface area contributed by atoms with Crippen molar-refractivity contribution in [1.29, 1.82) is 0 Å². The van der Waals surface area contributed by atoms with Crippen LogP contribution >= 0.6 is 11.6 Å². The molecule has 0 bridgehead atoms. The quantitative estimate of drug-likeness (QED) is 0.910. The summed E-state index contributed by atoms with van der Waals surface area (Å²) in [5.74, 6) is 0. The second-order valence-corrected chi connectivity index (χ2v) is 5.14. The highest BCUT2D eigenvalue weighted by molar-refractivity contribution is 6.30. The van der Waals surface area contributed by atoms with Gasteiger partial charge in [0.2, 0.25) is 0 Å². The Morgan fingerprint density at radius 3 is 2.53 bits per heavy atom. The second-order valence-electron chi connectivity index (χ2n) is 4.70. The Morgan fingerprint density at radius 2 is 2.00 bits per heavy atom. The SMILES string of the molecule is CCc1cc(CC(NC)c2ccc(Cl)cc2)n(C)n1. The number of aryl methyl sites for hydroxylation is 2. The molecule has 1 atom stereocenters. The van der Waals surface area contributed by atoms with E-state index in [9.17, 15) is 0 Å². The highest BCUT2D eigenvalue weighted by atomic mass is 35.5. The predicted octanol–water partition coefficient (Wildman–Crippen LogP) is 3.14. The van der Waals surface area contributed by atoms with Gasteiger partial charge in [0.05, 0.1) is 5.69 Å². The second kappa shape index (κ2) is 6.22. The molecule has 0 saturated heterocycles. The van der Waals surface area contributed by atoms with Gasteiger partial charge in [0.1, 0.15) is 0 Å². The van der Waals surface area contributed by atoms with Crippen molar-refractivity contribution < 1.29 is 0 Å². The number of halogens is 1. The summed E-state index contributed by atoms with van der Waals surface area (Å²) in [7, 11) is 3.99. The summed E-state index contributed by atoms with van der Waals surface area (Å²) in [6.07, 6.45) is 1.89. The van der Waals surface area contributed by atoms with Crippen molar-refractivity contribution in [3.63, 3.8) is 0 Å². The van der Waals surface area contributed by atoms with Crippen LogP contribution in [0, 0.1) is 0 Å². The molecule has 0 amide bonds. The fourth-order valence-electron chi connectivity index (χ4n) is 2.23. The van der Waals surface area contributed by atoms with Gasteiger partial charge in [0.15, 0.2) is 0 Å². The molecule has 4 heteroatoms. The summed E-state index contributed by atoms with van der Waals surface area (Å²) >= 11 is 5.93. The molecule has 0 aliphatic heterocycles. The van der Waals surface area contributed by atoms with E-state index in [0.29, 0.717) is 0 Å². The summed E-state index contributed by atoms with van der Waals surface area (Å²) < 4.78 is 1.97. The molecule has 0 radical (unpaired) electrons. The van der Waals surface area contributed by atoms with Crippen molar-refractivity contribution in [2.45, 2.75) is 25.8 Å². The normalized spacial score (nSPS) is 12.6. The molecule has 0 fully saturated rings. The summed E-state index contributed by atoms with van der Waals surface area (Å²) in [6, 6.07) is 10.5. The predicted molar refractivity (Wildman–Crippen MR) is 79.5 cm³/mol. The highest BCUT2D eigenvalue weighted by Crippen LogP contribution is 2.20. The van der Waals surface area contributed by atoms with Crippen molar-refractivity contribution >= 4 is 11.6 Å². The Hall–Kier alpha value is -1.32. The molecule has 2 aromatic rings. The first-order valence-electron chi connectivity index (χ1n) is 6.58. The first-order valence-corrected chi connectivity index (χ1v) is 6.96. The van der Waals surface area contributed by atoms with Crippen LogP contribution in [0.4, 0.5) is 0 Å². The minimum Gasteiger partial charge on any atom is -0.313 e. The lowest BCUT2D eigenvalue weighted by molar-refractivity contribution is 0.561. The monoisotopic (exact) mass is 277 g/mol. The number of nitrogens with zero attached hydrogens (tertiary/aromatic N) is 2.